The summed E-state index contributed by atoms with van der Waals surface area (Å²) in [6.07, 6.45) is 4.48. The molecule has 24 heavy (non-hydrogen) atoms. The summed E-state index contributed by atoms with van der Waals surface area (Å²) in [5.41, 5.74) is 2.95. The van der Waals surface area contributed by atoms with Gasteiger partial charge >= 0.3 is 0 Å². The lowest BCUT2D eigenvalue weighted by molar-refractivity contribution is 0.0954. The van der Waals surface area contributed by atoms with Crippen LogP contribution in [0.4, 0.5) is 0 Å². The van der Waals surface area contributed by atoms with Crippen molar-refractivity contribution in [2.45, 2.75) is 6.42 Å². The summed E-state index contributed by atoms with van der Waals surface area (Å²) >= 11 is 0. The number of rotatable bonds is 7. The summed E-state index contributed by atoms with van der Waals surface area (Å²) in [5.74, 6) is 0.648. The van der Waals surface area contributed by atoms with Crippen LogP contribution in [0.3, 0.4) is 0 Å². The van der Waals surface area contributed by atoms with Crippen LogP contribution in [-0.2, 0) is 6.42 Å². The van der Waals surface area contributed by atoms with E-state index in [-0.39, 0.29) is 5.91 Å². The smallest absolute Gasteiger partial charge is 0.251 e. The first kappa shape index (κ1) is 15.9. The van der Waals surface area contributed by atoms with E-state index >= 15 is 0 Å². The van der Waals surface area contributed by atoms with E-state index in [1.54, 1.807) is 30.3 Å². The number of aromatic amines is 1. The summed E-state index contributed by atoms with van der Waals surface area (Å²) in [4.78, 5) is 15.4. The van der Waals surface area contributed by atoms with E-state index in [2.05, 4.69) is 22.9 Å². The molecular weight excluding hydrogens is 300 g/mol. The SMILES string of the molecule is C=CCOc1ccc(C(=O)NCCc2c[nH]c3ccccc23)cc1. The van der Waals surface area contributed by atoms with Crippen molar-refractivity contribution in [1.29, 1.82) is 0 Å². The van der Waals surface area contributed by atoms with E-state index in [1.807, 2.05) is 24.4 Å². The predicted octanol–water partition coefficient (Wildman–Crippen LogP) is 3.71. The van der Waals surface area contributed by atoms with Crippen LogP contribution in [0.2, 0.25) is 0 Å². The van der Waals surface area contributed by atoms with Crippen LogP contribution < -0.4 is 10.1 Å². The van der Waals surface area contributed by atoms with Crippen molar-refractivity contribution in [3.63, 3.8) is 0 Å². The lowest BCUT2D eigenvalue weighted by Gasteiger charge is -2.07. The summed E-state index contributed by atoms with van der Waals surface area (Å²) in [6.45, 7) is 4.65. The minimum Gasteiger partial charge on any atom is -0.490 e. The molecule has 122 valence electrons. The van der Waals surface area contributed by atoms with Crippen LogP contribution in [0.5, 0.6) is 5.75 Å². The highest BCUT2D eigenvalue weighted by atomic mass is 16.5. The molecular formula is C20H20N2O2. The Labute approximate surface area is 141 Å². The number of amides is 1. The molecule has 0 spiro atoms. The van der Waals surface area contributed by atoms with E-state index in [9.17, 15) is 4.79 Å². The van der Waals surface area contributed by atoms with Gasteiger partial charge in [-0.3, -0.25) is 4.79 Å². The Morgan fingerprint density at radius 3 is 2.75 bits per heavy atom. The van der Waals surface area contributed by atoms with Crippen molar-refractivity contribution in [1.82, 2.24) is 10.3 Å². The van der Waals surface area contributed by atoms with Gasteiger partial charge in [0.2, 0.25) is 0 Å². The summed E-state index contributed by atoms with van der Waals surface area (Å²) in [5, 5.41) is 4.16. The fourth-order valence-corrected chi connectivity index (χ4v) is 2.61. The molecule has 3 aromatic rings. The molecule has 0 aliphatic rings. The second kappa shape index (κ2) is 7.51. The van der Waals surface area contributed by atoms with Gasteiger partial charge in [0.1, 0.15) is 12.4 Å². The Bertz CT molecular complexity index is 834. The topological polar surface area (TPSA) is 54.1 Å². The zero-order valence-corrected chi connectivity index (χ0v) is 13.4. The molecule has 0 unspecified atom stereocenters. The van der Waals surface area contributed by atoms with Gasteiger partial charge in [-0.2, -0.15) is 0 Å². The molecule has 0 saturated heterocycles. The molecule has 2 aromatic carbocycles. The monoisotopic (exact) mass is 320 g/mol. The maximum atomic E-state index is 12.2. The molecule has 0 fully saturated rings. The van der Waals surface area contributed by atoms with Gasteiger partial charge in [-0.05, 0) is 42.3 Å². The maximum Gasteiger partial charge on any atom is 0.251 e. The number of hydrogen-bond acceptors (Lipinski definition) is 2. The second-order valence-corrected chi connectivity index (χ2v) is 5.49. The van der Waals surface area contributed by atoms with Crippen LogP contribution in [0.25, 0.3) is 10.9 Å². The normalized spacial score (nSPS) is 10.5. The number of nitrogens with one attached hydrogen (secondary N) is 2. The number of aromatic nitrogens is 1. The Balaban J connectivity index is 1.54. The molecule has 1 aromatic heterocycles. The van der Waals surface area contributed by atoms with Crippen molar-refractivity contribution in [3.8, 4) is 5.75 Å². The average Bonchev–Trinajstić information content (AvgIpc) is 3.03. The van der Waals surface area contributed by atoms with Gasteiger partial charge in [0.25, 0.3) is 5.91 Å². The number of para-hydroxylation sites is 1. The van der Waals surface area contributed by atoms with Crippen LogP contribution in [-0.4, -0.2) is 24.0 Å². The fourth-order valence-electron chi connectivity index (χ4n) is 2.61. The van der Waals surface area contributed by atoms with Crippen LogP contribution in [0.15, 0.2) is 67.4 Å². The molecule has 0 bridgehead atoms. The Kier molecular flexibility index (Phi) is 4.96. The first-order valence-corrected chi connectivity index (χ1v) is 7.95. The number of ether oxygens (including phenoxy) is 1. The number of fused-ring (bicyclic) bond motifs is 1. The van der Waals surface area contributed by atoms with E-state index < -0.39 is 0 Å². The fraction of sp³-hybridized carbons (Fsp3) is 0.150. The van der Waals surface area contributed by atoms with Gasteiger partial charge in [0.15, 0.2) is 0 Å². The Morgan fingerprint density at radius 2 is 1.96 bits per heavy atom. The third kappa shape index (κ3) is 3.66. The number of carbonyl (C=O) groups is 1. The number of carbonyl (C=O) groups excluding carboxylic acids is 1. The molecule has 0 radical (unpaired) electrons. The first-order chi connectivity index (χ1) is 11.8. The number of hydrogen-bond donors (Lipinski definition) is 2. The van der Waals surface area contributed by atoms with Gasteiger partial charge < -0.3 is 15.0 Å². The highest BCUT2D eigenvalue weighted by molar-refractivity contribution is 5.94. The number of H-pyrrole nitrogens is 1. The molecule has 2 N–H and O–H groups in total. The van der Waals surface area contributed by atoms with E-state index in [1.165, 1.54) is 10.9 Å². The standard InChI is InChI=1S/C20H20N2O2/c1-2-13-24-17-9-7-15(8-10-17)20(23)21-12-11-16-14-22-19-6-4-3-5-18(16)19/h2-10,14,22H,1,11-13H2,(H,21,23). The van der Waals surface area contributed by atoms with Crippen molar-refractivity contribution in [2.24, 2.45) is 0 Å². The van der Waals surface area contributed by atoms with E-state index in [4.69, 9.17) is 4.74 Å². The lowest BCUT2D eigenvalue weighted by atomic mass is 10.1. The van der Waals surface area contributed by atoms with Gasteiger partial charge in [-0.1, -0.05) is 30.9 Å². The molecule has 4 nitrogen and oxygen atoms in total. The highest BCUT2D eigenvalue weighted by Gasteiger charge is 2.07. The molecule has 0 saturated carbocycles. The summed E-state index contributed by atoms with van der Waals surface area (Å²) in [7, 11) is 0. The van der Waals surface area contributed by atoms with Crippen molar-refractivity contribution in [2.75, 3.05) is 13.2 Å². The third-order valence-electron chi connectivity index (χ3n) is 3.84. The van der Waals surface area contributed by atoms with Crippen molar-refractivity contribution >= 4 is 16.8 Å². The van der Waals surface area contributed by atoms with E-state index in [0.717, 1.165) is 17.7 Å². The lowest BCUT2D eigenvalue weighted by Crippen LogP contribution is -2.25. The Morgan fingerprint density at radius 1 is 1.17 bits per heavy atom. The molecule has 0 aliphatic heterocycles. The third-order valence-corrected chi connectivity index (χ3v) is 3.84. The van der Waals surface area contributed by atoms with Gasteiger partial charge in [0, 0.05) is 29.2 Å². The molecule has 0 aliphatic carbocycles. The first-order valence-electron chi connectivity index (χ1n) is 7.95. The maximum absolute atomic E-state index is 12.2. The predicted molar refractivity (Wildman–Crippen MR) is 96.5 cm³/mol. The van der Waals surface area contributed by atoms with Crippen molar-refractivity contribution < 1.29 is 9.53 Å². The molecule has 4 heteroatoms. The highest BCUT2D eigenvalue weighted by Crippen LogP contribution is 2.17. The quantitative estimate of drug-likeness (QED) is 0.652. The van der Waals surface area contributed by atoms with Gasteiger partial charge in [0.05, 0.1) is 0 Å². The minimum atomic E-state index is -0.0786. The molecule has 1 heterocycles. The second-order valence-electron chi connectivity index (χ2n) is 5.49. The van der Waals surface area contributed by atoms with Crippen LogP contribution >= 0.6 is 0 Å². The van der Waals surface area contributed by atoms with Crippen LogP contribution in [0.1, 0.15) is 15.9 Å². The van der Waals surface area contributed by atoms with Gasteiger partial charge in [-0.25, -0.2) is 0 Å². The van der Waals surface area contributed by atoms with Gasteiger partial charge in [-0.15, -0.1) is 0 Å². The van der Waals surface area contributed by atoms with Crippen molar-refractivity contribution in [3.05, 3.63) is 78.5 Å². The zero-order chi connectivity index (χ0) is 16.8. The Hall–Kier alpha value is -3.01. The number of benzene rings is 2. The molecule has 0 atom stereocenters. The summed E-state index contributed by atoms with van der Waals surface area (Å²) < 4.78 is 5.41. The van der Waals surface area contributed by atoms with Crippen LogP contribution in [0, 0.1) is 0 Å². The zero-order valence-electron chi connectivity index (χ0n) is 13.4. The summed E-state index contributed by atoms with van der Waals surface area (Å²) in [6, 6.07) is 15.3. The average molecular weight is 320 g/mol. The minimum absolute atomic E-state index is 0.0786. The molecule has 3 rings (SSSR count). The van der Waals surface area contributed by atoms with E-state index in [0.29, 0.717) is 18.7 Å². The largest absolute Gasteiger partial charge is 0.490 e. The molecule has 1 amide bonds.